The Morgan fingerprint density at radius 3 is 2.27 bits per heavy atom. The number of piperidine rings is 1. The van der Waals surface area contributed by atoms with E-state index in [1.54, 1.807) is 41.6 Å². The number of esters is 1. The number of carboxylic acid groups (broad SMARTS) is 1. The summed E-state index contributed by atoms with van der Waals surface area (Å²) in [5.41, 5.74) is 0.956. The third-order valence-electron chi connectivity index (χ3n) is 12.7. The second-order valence-electron chi connectivity index (χ2n) is 18.2. The van der Waals surface area contributed by atoms with Gasteiger partial charge in [-0.25, -0.2) is 4.98 Å². The van der Waals surface area contributed by atoms with Crippen LogP contribution in [0.25, 0.3) is 0 Å². The van der Waals surface area contributed by atoms with E-state index in [4.69, 9.17) is 9.84 Å². The lowest BCUT2D eigenvalue weighted by atomic mass is 9.83. The number of phenolic OH excluding ortho intramolecular Hbond substituents is 1. The lowest BCUT2D eigenvalue weighted by Crippen LogP contribution is -2.48. The van der Waals surface area contributed by atoms with Crippen LogP contribution >= 0.6 is 43.2 Å². The first-order valence-electron chi connectivity index (χ1n) is 23.2. The highest BCUT2D eigenvalue weighted by Gasteiger charge is 2.38. The van der Waals surface area contributed by atoms with Crippen molar-refractivity contribution in [1.29, 1.82) is 0 Å². The van der Waals surface area contributed by atoms with Gasteiger partial charge in [-0.15, -0.1) is 11.3 Å². The summed E-state index contributed by atoms with van der Waals surface area (Å²) in [5.74, 6) is -3.52. The molecule has 0 aliphatic carbocycles. The van der Waals surface area contributed by atoms with E-state index in [1.807, 2.05) is 41.7 Å². The zero-order valence-electron chi connectivity index (χ0n) is 39.7. The summed E-state index contributed by atoms with van der Waals surface area (Å²) < 4.78 is 5.84. The largest absolute Gasteiger partial charge is 0.508 e. The number of hydrogen-bond acceptors (Lipinski definition) is 12. The molecular weight excluding hydrogens is 998 g/mol. The molecule has 1 fully saturated rings. The van der Waals surface area contributed by atoms with Crippen molar-refractivity contribution in [1.82, 2.24) is 25.4 Å². The molecule has 0 spiro atoms. The highest BCUT2D eigenvalue weighted by atomic mass is 79.9. The number of halogens is 2. The van der Waals surface area contributed by atoms with Crippen LogP contribution in [-0.2, 0) is 39.9 Å². The number of benzene rings is 1. The molecule has 0 saturated carbocycles. The van der Waals surface area contributed by atoms with E-state index in [0.717, 1.165) is 37.8 Å². The van der Waals surface area contributed by atoms with Gasteiger partial charge in [0.15, 0.2) is 11.9 Å². The van der Waals surface area contributed by atoms with E-state index in [-0.39, 0.29) is 59.6 Å². The van der Waals surface area contributed by atoms with Crippen molar-refractivity contribution in [2.24, 2.45) is 23.7 Å². The number of alkyl halides is 2. The molecule has 4 N–H and O–H groups in total. The Hall–Kier alpha value is -3.74. The molecular formula is C48H71Br2N5O10S. The molecule has 3 amide bonds. The summed E-state index contributed by atoms with van der Waals surface area (Å²) in [7, 11) is 3.72. The molecule has 18 heteroatoms. The maximum atomic E-state index is 14.4. The molecule has 15 nitrogen and oxygen atoms in total. The Labute approximate surface area is 411 Å². The van der Waals surface area contributed by atoms with E-state index in [2.05, 4.69) is 52.4 Å². The van der Waals surface area contributed by atoms with Gasteiger partial charge in [0.25, 0.3) is 5.91 Å². The van der Waals surface area contributed by atoms with Gasteiger partial charge in [0.2, 0.25) is 11.8 Å². The Balaban J connectivity index is 1.72. The lowest BCUT2D eigenvalue weighted by Gasteiger charge is -2.37. The predicted molar refractivity (Wildman–Crippen MR) is 262 cm³/mol. The van der Waals surface area contributed by atoms with Crippen LogP contribution in [0.1, 0.15) is 139 Å². The zero-order chi connectivity index (χ0) is 49.2. The van der Waals surface area contributed by atoms with Gasteiger partial charge in [-0.2, -0.15) is 0 Å². The maximum Gasteiger partial charge on any atom is 0.318 e. The molecule has 1 aromatic heterocycles. The Morgan fingerprint density at radius 2 is 1.67 bits per heavy atom. The molecule has 368 valence electrons. The van der Waals surface area contributed by atoms with Gasteiger partial charge in [0.05, 0.1) is 6.04 Å². The first kappa shape index (κ1) is 56.6. The first-order chi connectivity index (χ1) is 31.1. The maximum absolute atomic E-state index is 14.4. The average molecular weight is 1070 g/mol. The van der Waals surface area contributed by atoms with Crippen LogP contribution in [-0.4, -0.2) is 121 Å². The van der Waals surface area contributed by atoms with E-state index in [1.165, 1.54) is 18.3 Å². The summed E-state index contributed by atoms with van der Waals surface area (Å²) in [6.45, 7) is 12.3. The molecule has 9 atom stereocenters. The fourth-order valence-corrected chi connectivity index (χ4v) is 9.92. The number of Topliss-reactive ketones (excluding diaryl/α,β-unsaturated/α-hetero) is 2. The number of ether oxygens (including phenoxy) is 1. The third-order valence-corrected chi connectivity index (χ3v) is 16.2. The van der Waals surface area contributed by atoms with Crippen LogP contribution in [0.5, 0.6) is 5.75 Å². The van der Waals surface area contributed by atoms with Crippen LogP contribution in [0.15, 0.2) is 29.6 Å². The van der Waals surface area contributed by atoms with E-state index < -0.39 is 63.4 Å². The minimum atomic E-state index is -1.16. The van der Waals surface area contributed by atoms with Gasteiger partial charge in [-0.05, 0) is 81.6 Å². The number of ketones is 2. The fraction of sp³-hybridized carbons (Fsp3) is 0.667. The molecule has 1 aliphatic heterocycles. The van der Waals surface area contributed by atoms with Gasteiger partial charge >= 0.3 is 11.9 Å². The summed E-state index contributed by atoms with van der Waals surface area (Å²) in [6, 6.07) is 5.57. The molecule has 1 saturated heterocycles. The molecule has 3 rings (SSSR count). The number of nitrogens with one attached hydrogen (secondary N) is 2. The van der Waals surface area contributed by atoms with E-state index in [0.29, 0.717) is 50.1 Å². The molecule has 2 aromatic rings. The number of likely N-dealkylation sites (N-methyl/N-ethyl adjacent to an activating group) is 1. The van der Waals surface area contributed by atoms with Crippen LogP contribution < -0.4 is 10.6 Å². The number of likely N-dealkylation sites (tertiary alicyclic amines) is 1. The van der Waals surface area contributed by atoms with E-state index >= 15 is 0 Å². The number of aliphatic carboxylic acids is 1. The minimum absolute atomic E-state index is 0.0234. The summed E-state index contributed by atoms with van der Waals surface area (Å²) in [4.78, 5) is 97.6. The van der Waals surface area contributed by atoms with Gasteiger partial charge < -0.3 is 30.5 Å². The van der Waals surface area contributed by atoms with Crippen LogP contribution in [0.4, 0.5) is 0 Å². The van der Waals surface area contributed by atoms with Gasteiger partial charge in [0.1, 0.15) is 31.9 Å². The van der Waals surface area contributed by atoms with Gasteiger partial charge in [-0.3, -0.25) is 38.5 Å². The number of nitrogens with zero attached hydrogens (tertiary/aromatic N) is 3. The van der Waals surface area contributed by atoms with Crippen LogP contribution in [0.2, 0.25) is 0 Å². The predicted octanol–water partition coefficient (Wildman–Crippen LogP) is 7.66. The van der Waals surface area contributed by atoms with Crippen LogP contribution in [0, 0.1) is 23.7 Å². The third kappa shape index (κ3) is 17.7. The Morgan fingerprint density at radius 1 is 0.985 bits per heavy atom. The van der Waals surface area contributed by atoms with Crippen molar-refractivity contribution < 1.29 is 48.5 Å². The number of unbranched alkanes of at least 4 members (excludes halogenated alkanes) is 2. The van der Waals surface area contributed by atoms with Gasteiger partial charge in [-0.1, -0.05) is 97.9 Å². The number of aromatic nitrogens is 1. The number of aromatic hydroxyl groups is 1. The molecule has 1 aliphatic rings. The normalized spacial score (nSPS) is 17.9. The van der Waals surface area contributed by atoms with Crippen molar-refractivity contribution in [3.8, 4) is 5.75 Å². The summed E-state index contributed by atoms with van der Waals surface area (Å²) in [6.07, 6.45) is 5.95. The zero-order valence-corrected chi connectivity index (χ0v) is 43.7. The minimum Gasteiger partial charge on any atom is -0.508 e. The summed E-state index contributed by atoms with van der Waals surface area (Å²) >= 11 is 7.25. The second kappa shape index (κ2) is 27.9. The number of hydrogen-bond donors (Lipinski definition) is 4. The number of carbonyl (C=O) groups excluding carboxylic acids is 6. The Bertz CT molecular complexity index is 1930. The van der Waals surface area contributed by atoms with Crippen molar-refractivity contribution in [2.75, 3.05) is 27.2 Å². The lowest BCUT2D eigenvalue weighted by molar-refractivity contribution is -0.149. The highest BCUT2D eigenvalue weighted by molar-refractivity contribution is 9.12. The second-order valence-corrected chi connectivity index (χ2v) is 21.1. The van der Waals surface area contributed by atoms with Crippen molar-refractivity contribution in [3.05, 3.63) is 45.9 Å². The van der Waals surface area contributed by atoms with Gasteiger partial charge in [0, 0.05) is 69.1 Å². The Kier molecular flexibility index (Phi) is 23.9. The molecule has 0 radical (unpaired) electrons. The number of thiazole rings is 1. The first-order valence-corrected chi connectivity index (χ1v) is 25.9. The van der Waals surface area contributed by atoms with Crippen LogP contribution in [0.3, 0.4) is 0 Å². The number of carbonyl (C=O) groups is 7. The molecule has 3 unspecified atom stereocenters. The smallest absolute Gasteiger partial charge is 0.318 e. The monoisotopic (exact) mass is 1070 g/mol. The van der Waals surface area contributed by atoms with Crippen molar-refractivity contribution >= 4 is 84.4 Å². The number of carboxylic acids is 1. The molecule has 1 aromatic carbocycles. The molecule has 2 heterocycles. The van der Waals surface area contributed by atoms with Crippen molar-refractivity contribution in [2.45, 2.75) is 152 Å². The number of phenols is 1. The summed E-state index contributed by atoms with van der Waals surface area (Å²) in [5, 5.41) is 26.8. The highest BCUT2D eigenvalue weighted by Crippen LogP contribution is 2.33. The average Bonchev–Trinajstić information content (AvgIpc) is 3.78. The SMILES string of the molecule is CC[C@H](C)[C@H](CC(=O)[C@H]1CCCCN1C)C(=O)N(C)[C@H](C[C@@H](OC(C)=O)c1nc(C(=O)N[C@@H](Cc2ccc(O)cc2)CC(C)C(=O)CCCCCNC(=O)C(Br)C(Br)C(=O)O)cs1)C(C)C. The fourth-order valence-electron chi connectivity index (χ4n) is 8.45. The number of amides is 3. The standard InChI is InChI=1S/C48H71Br2N5O10S/c1-9-29(4)35(25-40(59)37-15-12-14-22-54(37)7)47(62)55(8)38(28(2)3)26-41(65-31(6)56)46-53-36(27-66-46)44(60)52-33(24-32-17-19-34(57)20-18-32)23-30(5)39(58)16-11-10-13-21-51-45(61)42(49)43(50)48(63)64/h17-20,27-30,33,35,37-38,41-43,57H,9-16,21-26H2,1-8H3,(H,51,61)(H,52,60)(H,63,64)/t29-,30?,33+,35-,37+,38+,41+,42?,43?/m0/s1. The topological polar surface area (TPSA) is 213 Å². The van der Waals surface area contributed by atoms with E-state index in [9.17, 15) is 38.7 Å². The van der Waals surface area contributed by atoms with Crippen molar-refractivity contribution in [3.63, 3.8) is 0 Å². The number of rotatable bonds is 28. The quantitative estimate of drug-likeness (QED) is 0.0368. The molecule has 66 heavy (non-hydrogen) atoms. The molecule has 0 bridgehead atoms.